The average Bonchev–Trinajstić information content (AvgIpc) is 2.67. The van der Waals surface area contributed by atoms with Crippen LogP contribution in [0.25, 0.3) is 0 Å². The molecule has 7 nitrogen and oxygen atoms in total. The van der Waals surface area contributed by atoms with E-state index in [1.807, 2.05) is 0 Å². The molecule has 1 N–H and O–H groups in total. The van der Waals surface area contributed by atoms with E-state index in [-0.39, 0.29) is 24.3 Å². The molecule has 30 heavy (non-hydrogen) atoms. The van der Waals surface area contributed by atoms with Crippen LogP contribution in [0.5, 0.6) is 0 Å². The lowest BCUT2D eigenvalue weighted by atomic mass is 10.1. The molecule has 1 atom stereocenters. The largest absolute Gasteiger partial charge is 0.462 e. The number of esters is 1. The van der Waals surface area contributed by atoms with Gasteiger partial charge in [-0.3, -0.25) is 9.10 Å². The molecule has 0 aliphatic heterocycles. The quantitative estimate of drug-likeness (QED) is 0.640. The lowest BCUT2D eigenvalue weighted by Crippen LogP contribution is -2.47. The van der Waals surface area contributed by atoms with Crippen LogP contribution in [0, 0.1) is 12.7 Å². The number of nitrogens with one attached hydrogen (secondary N) is 1. The molecule has 0 aliphatic rings. The maximum absolute atomic E-state index is 13.3. The molecule has 0 spiro atoms. The molecule has 2 rings (SSSR count). The van der Waals surface area contributed by atoms with E-state index < -0.39 is 33.8 Å². The number of carbonyl (C=O) groups excluding carboxylic acids is 2. The topological polar surface area (TPSA) is 92.8 Å². The number of halogens is 1. The van der Waals surface area contributed by atoms with Crippen molar-refractivity contribution in [2.24, 2.45) is 0 Å². The summed E-state index contributed by atoms with van der Waals surface area (Å²) in [6.07, 6.45) is 1.16. The zero-order chi connectivity index (χ0) is 22.5. The maximum Gasteiger partial charge on any atom is 0.338 e. The Kier molecular flexibility index (Phi) is 7.55. The van der Waals surface area contributed by atoms with Gasteiger partial charge in [-0.25, -0.2) is 17.6 Å². The van der Waals surface area contributed by atoms with Crippen LogP contribution >= 0.6 is 0 Å². The van der Waals surface area contributed by atoms with Gasteiger partial charge < -0.3 is 10.1 Å². The summed E-state index contributed by atoms with van der Waals surface area (Å²) in [5.74, 6) is -1.61. The Hall–Kier alpha value is -2.94. The smallest absolute Gasteiger partial charge is 0.338 e. The predicted molar refractivity (Wildman–Crippen MR) is 114 cm³/mol. The van der Waals surface area contributed by atoms with E-state index >= 15 is 0 Å². The first-order chi connectivity index (χ1) is 14.1. The summed E-state index contributed by atoms with van der Waals surface area (Å²) in [6.45, 7) is 5.33. The number of aryl methyl sites for hydroxylation is 1. The molecular formula is C21H25FN2O5S. The fourth-order valence-corrected chi connectivity index (χ4v) is 4.17. The molecule has 0 saturated heterocycles. The van der Waals surface area contributed by atoms with Gasteiger partial charge in [0.1, 0.15) is 11.9 Å². The lowest BCUT2D eigenvalue weighted by Gasteiger charge is -2.30. The van der Waals surface area contributed by atoms with Gasteiger partial charge in [0, 0.05) is 5.69 Å². The van der Waals surface area contributed by atoms with Crippen LogP contribution in [0.15, 0.2) is 42.5 Å². The van der Waals surface area contributed by atoms with Crippen LogP contribution in [0.3, 0.4) is 0 Å². The zero-order valence-electron chi connectivity index (χ0n) is 17.3. The van der Waals surface area contributed by atoms with E-state index in [0.717, 1.165) is 22.7 Å². The summed E-state index contributed by atoms with van der Waals surface area (Å²) in [5.41, 5.74) is 1.51. The molecule has 0 radical (unpaired) electrons. The third kappa shape index (κ3) is 5.56. The van der Waals surface area contributed by atoms with Gasteiger partial charge in [0.15, 0.2) is 0 Å². The third-order valence-corrected chi connectivity index (χ3v) is 5.60. The van der Waals surface area contributed by atoms with Crippen molar-refractivity contribution in [2.75, 3.05) is 22.5 Å². The number of ether oxygens (including phenoxy) is 1. The second kappa shape index (κ2) is 9.71. The summed E-state index contributed by atoms with van der Waals surface area (Å²) in [4.78, 5) is 25.0. The lowest BCUT2D eigenvalue weighted by molar-refractivity contribution is -0.117. The van der Waals surface area contributed by atoms with Crippen molar-refractivity contribution in [1.29, 1.82) is 0 Å². The number of carbonyl (C=O) groups is 2. The second-order valence-electron chi connectivity index (χ2n) is 6.70. The Bertz CT molecular complexity index is 1020. The zero-order valence-corrected chi connectivity index (χ0v) is 18.1. The molecule has 0 saturated carbocycles. The molecule has 2 aromatic carbocycles. The van der Waals surface area contributed by atoms with E-state index in [9.17, 15) is 22.4 Å². The van der Waals surface area contributed by atoms with Gasteiger partial charge in [-0.2, -0.15) is 0 Å². The van der Waals surface area contributed by atoms with Gasteiger partial charge in [-0.05, 0) is 62.2 Å². The normalized spacial score (nSPS) is 12.2. The van der Waals surface area contributed by atoms with Crippen LogP contribution in [-0.2, 0) is 19.6 Å². The minimum absolute atomic E-state index is 0.174. The van der Waals surface area contributed by atoms with Crippen molar-refractivity contribution in [3.8, 4) is 0 Å². The summed E-state index contributed by atoms with van der Waals surface area (Å²) >= 11 is 0. The van der Waals surface area contributed by atoms with E-state index in [4.69, 9.17) is 4.74 Å². The van der Waals surface area contributed by atoms with E-state index in [2.05, 4.69) is 5.32 Å². The standard InChI is InChI=1S/C21H25FN2O5S/c1-5-19(24(30(4,27)28)17-11-9-16(22)10-12-17)20(25)23-18-13-15(8-7-14(18)3)21(26)29-6-2/h7-13,19H,5-6H2,1-4H3,(H,23,25)/t19-/m0/s1. The number of hydrogen-bond acceptors (Lipinski definition) is 5. The molecule has 2 aromatic rings. The summed E-state index contributed by atoms with van der Waals surface area (Å²) in [5, 5.41) is 2.71. The summed E-state index contributed by atoms with van der Waals surface area (Å²) < 4.78 is 44.1. The minimum atomic E-state index is -3.84. The van der Waals surface area contributed by atoms with Gasteiger partial charge in [-0.1, -0.05) is 13.0 Å². The van der Waals surface area contributed by atoms with Gasteiger partial charge in [0.2, 0.25) is 15.9 Å². The summed E-state index contributed by atoms with van der Waals surface area (Å²) in [7, 11) is -3.84. The van der Waals surface area contributed by atoms with Crippen LogP contribution in [-0.4, -0.2) is 39.2 Å². The molecule has 0 heterocycles. The molecule has 0 unspecified atom stereocenters. The fourth-order valence-electron chi connectivity index (χ4n) is 2.96. The Morgan fingerprint density at radius 3 is 2.30 bits per heavy atom. The van der Waals surface area contributed by atoms with Crippen LogP contribution in [0.1, 0.15) is 36.2 Å². The highest BCUT2D eigenvalue weighted by Gasteiger charge is 2.31. The van der Waals surface area contributed by atoms with Crippen molar-refractivity contribution in [3.05, 3.63) is 59.4 Å². The molecule has 0 aliphatic carbocycles. The van der Waals surface area contributed by atoms with Gasteiger partial charge in [-0.15, -0.1) is 0 Å². The van der Waals surface area contributed by atoms with Crippen molar-refractivity contribution in [2.45, 2.75) is 33.2 Å². The number of sulfonamides is 1. The van der Waals surface area contributed by atoms with E-state index in [1.54, 1.807) is 32.9 Å². The predicted octanol–water partition coefficient (Wildman–Crippen LogP) is 3.49. The molecule has 0 fully saturated rings. The van der Waals surface area contributed by atoms with Crippen LogP contribution in [0.4, 0.5) is 15.8 Å². The molecule has 162 valence electrons. The van der Waals surface area contributed by atoms with Crippen molar-refractivity contribution in [1.82, 2.24) is 0 Å². The van der Waals surface area contributed by atoms with Gasteiger partial charge >= 0.3 is 5.97 Å². The minimum Gasteiger partial charge on any atom is -0.462 e. The molecule has 0 bridgehead atoms. The monoisotopic (exact) mass is 436 g/mol. The Balaban J connectivity index is 2.38. The fraction of sp³-hybridized carbons (Fsp3) is 0.333. The Labute approximate surface area is 175 Å². The SMILES string of the molecule is CCOC(=O)c1ccc(C)c(NC(=O)[C@H](CC)N(c2ccc(F)cc2)S(C)(=O)=O)c1. The number of rotatable bonds is 8. The van der Waals surface area contributed by atoms with E-state index in [1.165, 1.54) is 18.2 Å². The maximum atomic E-state index is 13.3. The number of benzene rings is 2. The molecule has 1 amide bonds. The van der Waals surface area contributed by atoms with Crippen molar-refractivity contribution < 1.29 is 27.1 Å². The van der Waals surface area contributed by atoms with Crippen LogP contribution in [0.2, 0.25) is 0 Å². The second-order valence-corrected chi connectivity index (χ2v) is 8.56. The molecule has 9 heteroatoms. The highest BCUT2D eigenvalue weighted by Crippen LogP contribution is 2.25. The number of anilines is 2. The Morgan fingerprint density at radius 2 is 1.77 bits per heavy atom. The Morgan fingerprint density at radius 1 is 1.13 bits per heavy atom. The average molecular weight is 437 g/mol. The van der Waals surface area contributed by atoms with Crippen LogP contribution < -0.4 is 9.62 Å². The molecule has 0 aromatic heterocycles. The number of nitrogens with zero attached hydrogens (tertiary/aromatic N) is 1. The number of amides is 1. The van der Waals surface area contributed by atoms with Gasteiger partial charge in [0.25, 0.3) is 0 Å². The first-order valence-electron chi connectivity index (χ1n) is 9.42. The highest BCUT2D eigenvalue weighted by atomic mass is 32.2. The number of hydrogen-bond donors (Lipinski definition) is 1. The van der Waals surface area contributed by atoms with Crippen molar-refractivity contribution in [3.63, 3.8) is 0 Å². The van der Waals surface area contributed by atoms with Crippen molar-refractivity contribution >= 4 is 33.3 Å². The van der Waals surface area contributed by atoms with Gasteiger partial charge in [0.05, 0.1) is 24.1 Å². The molecular weight excluding hydrogens is 411 g/mol. The first kappa shape index (κ1) is 23.3. The highest BCUT2D eigenvalue weighted by molar-refractivity contribution is 7.92. The first-order valence-corrected chi connectivity index (χ1v) is 11.3. The summed E-state index contributed by atoms with van der Waals surface area (Å²) in [6, 6.07) is 8.53. The van der Waals surface area contributed by atoms with E-state index in [0.29, 0.717) is 11.3 Å². The third-order valence-electron chi connectivity index (χ3n) is 4.42.